The van der Waals surface area contributed by atoms with Crippen LogP contribution in [0.2, 0.25) is 0 Å². The van der Waals surface area contributed by atoms with Gasteiger partial charge in [0.05, 0.1) is 5.69 Å². The van der Waals surface area contributed by atoms with E-state index in [1.54, 1.807) is 29.1 Å². The van der Waals surface area contributed by atoms with Crippen LogP contribution in [0.5, 0.6) is 0 Å². The first-order valence-corrected chi connectivity index (χ1v) is 5.29. The lowest BCUT2D eigenvalue weighted by atomic mass is 10.2. The van der Waals surface area contributed by atoms with Gasteiger partial charge in [-0.05, 0) is 30.7 Å². The number of fused-ring (bicyclic) bond motifs is 1. The quantitative estimate of drug-likeness (QED) is 0.640. The summed E-state index contributed by atoms with van der Waals surface area (Å²) in [7, 11) is 0. The molecule has 3 heterocycles. The van der Waals surface area contributed by atoms with E-state index in [-0.39, 0.29) is 5.82 Å². The summed E-state index contributed by atoms with van der Waals surface area (Å²) in [6.07, 6.45) is 6.76. The van der Waals surface area contributed by atoms with Crippen molar-refractivity contribution in [2.24, 2.45) is 0 Å². The summed E-state index contributed by atoms with van der Waals surface area (Å²) < 4.78 is 14.7. The first-order chi connectivity index (χ1) is 8.22. The Morgan fingerprint density at radius 1 is 1.18 bits per heavy atom. The largest absolute Gasteiger partial charge is 0.304 e. The van der Waals surface area contributed by atoms with Crippen molar-refractivity contribution in [2.45, 2.75) is 6.92 Å². The highest BCUT2D eigenvalue weighted by molar-refractivity contribution is 5.62. The van der Waals surface area contributed by atoms with E-state index in [0.717, 1.165) is 22.5 Å². The smallest absolute Gasteiger partial charge is 0.139 e. The number of aryl methyl sites for hydroxylation is 1. The molecule has 0 aliphatic rings. The number of halogens is 1. The average Bonchev–Trinajstić information content (AvgIpc) is 2.72. The first kappa shape index (κ1) is 9.96. The molecule has 0 saturated heterocycles. The first-order valence-electron chi connectivity index (χ1n) is 5.29. The second kappa shape index (κ2) is 3.66. The molecule has 0 atom stereocenters. The molecule has 0 aliphatic carbocycles. The van der Waals surface area contributed by atoms with Crippen molar-refractivity contribution < 1.29 is 4.39 Å². The summed E-state index contributed by atoms with van der Waals surface area (Å²) >= 11 is 0. The van der Waals surface area contributed by atoms with Crippen LogP contribution in [0.15, 0.2) is 43.0 Å². The molecule has 0 radical (unpaired) electrons. The molecule has 3 aromatic rings. The molecule has 0 spiro atoms. The number of nitrogens with zero attached hydrogens (tertiary/aromatic N) is 3. The third-order valence-corrected chi connectivity index (χ3v) is 2.59. The standard InChI is InChI=1S/C13H10FN3/c1-9-4-10(6-15-5-9)12-8-17-7-11(14)2-3-13(17)16-12/h2-8H,1H3. The predicted octanol–water partition coefficient (Wildman–Crippen LogP) is 2.84. The Bertz CT molecular complexity index is 688. The number of hydrogen-bond acceptors (Lipinski definition) is 2. The maximum absolute atomic E-state index is 13.1. The maximum atomic E-state index is 13.1. The van der Waals surface area contributed by atoms with Gasteiger partial charge in [0.25, 0.3) is 0 Å². The number of pyridine rings is 2. The van der Waals surface area contributed by atoms with Gasteiger partial charge in [0.15, 0.2) is 0 Å². The van der Waals surface area contributed by atoms with Crippen molar-refractivity contribution in [1.82, 2.24) is 14.4 Å². The van der Waals surface area contributed by atoms with Gasteiger partial charge in [0, 0.05) is 30.4 Å². The fourth-order valence-electron chi connectivity index (χ4n) is 1.80. The third kappa shape index (κ3) is 1.78. The molecule has 0 N–H and O–H groups in total. The van der Waals surface area contributed by atoms with Crippen molar-refractivity contribution in [3.63, 3.8) is 0 Å². The van der Waals surface area contributed by atoms with Crippen LogP contribution in [0.4, 0.5) is 4.39 Å². The highest BCUT2D eigenvalue weighted by Crippen LogP contribution is 2.19. The van der Waals surface area contributed by atoms with Crippen molar-refractivity contribution in [1.29, 1.82) is 0 Å². The molecule has 4 heteroatoms. The average molecular weight is 227 g/mol. The summed E-state index contributed by atoms with van der Waals surface area (Å²) in [5.74, 6) is -0.274. The van der Waals surface area contributed by atoms with Gasteiger partial charge >= 0.3 is 0 Å². The van der Waals surface area contributed by atoms with Crippen LogP contribution in [0.1, 0.15) is 5.56 Å². The van der Waals surface area contributed by atoms with Gasteiger partial charge < -0.3 is 4.40 Å². The topological polar surface area (TPSA) is 30.2 Å². The normalized spacial score (nSPS) is 10.9. The van der Waals surface area contributed by atoms with E-state index in [1.807, 2.05) is 13.0 Å². The van der Waals surface area contributed by atoms with E-state index >= 15 is 0 Å². The lowest BCUT2D eigenvalue weighted by Crippen LogP contribution is -1.83. The summed E-state index contributed by atoms with van der Waals surface area (Å²) in [6, 6.07) is 5.06. The molecular weight excluding hydrogens is 217 g/mol. The minimum absolute atomic E-state index is 0.274. The summed E-state index contributed by atoms with van der Waals surface area (Å²) in [5.41, 5.74) is 3.54. The van der Waals surface area contributed by atoms with E-state index < -0.39 is 0 Å². The lowest BCUT2D eigenvalue weighted by Gasteiger charge is -1.96. The Hall–Kier alpha value is -2.23. The zero-order valence-electron chi connectivity index (χ0n) is 9.26. The lowest BCUT2D eigenvalue weighted by molar-refractivity contribution is 0.619. The van der Waals surface area contributed by atoms with Crippen molar-refractivity contribution in [2.75, 3.05) is 0 Å². The molecule has 84 valence electrons. The third-order valence-electron chi connectivity index (χ3n) is 2.59. The zero-order valence-corrected chi connectivity index (χ0v) is 9.26. The Labute approximate surface area is 97.6 Å². The molecule has 17 heavy (non-hydrogen) atoms. The SMILES string of the molecule is Cc1cncc(-c2cn3cc(F)ccc3n2)c1. The molecule has 3 nitrogen and oxygen atoms in total. The maximum Gasteiger partial charge on any atom is 0.139 e. The van der Waals surface area contributed by atoms with Crippen molar-refractivity contribution >= 4 is 5.65 Å². The molecule has 0 aromatic carbocycles. The molecule has 3 rings (SSSR count). The van der Waals surface area contributed by atoms with Crippen LogP contribution in [-0.4, -0.2) is 14.4 Å². The van der Waals surface area contributed by atoms with E-state index in [4.69, 9.17) is 0 Å². The van der Waals surface area contributed by atoms with E-state index in [0.29, 0.717) is 0 Å². The van der Waals surface area contributed by atoms with Crippen LogP contribution >= 0.6 is 0 Å². The summed E-state index contributed by atoms with van der Waals surface area (Å²) in [4.78, 5) is 8.55. The van der Waals surface area contributed by atoms with Crippen LogP contribution in [-0.2, 0) is 0 Å². The summed E-state index contributed by atoms with van der Waals surface area (Å²) in [5, 5.41) is 0. The van der Waals surface area contributed by atoms with Gasteiger partial charge in [0.2, 0.25) is 0 Å². The molecule has 0 saturated carbocycles. The van der Waals surface area contributed by atoms with Gasteiger partial charge in [-0.15, -0.1) is 0 Å². The monoisotopic (exact) mass is 227 g/mol. The van der Waals surface area contributed by atoms with Gasteiger partial charge in [-0.1, -0.05) is 0 Å². The van der Waals surface area contributed by atoms with Crippen LogP contribution < -0.4 is 0 Å². The van der Waals surface area contributed by atoms with Gasteiger partial charge in [-0.2, -0.15) is 0 Å². The minimum atomic E-state index is -0.274. The fourth-order valence-corrected chi connectivity index (χ4v) is 1.80. The molecule has 0 fully saturated rings. The molecule has 3 aromatic heterocycles. The second-order valence-corrected chi connectivity index (χ2v) is 3.99. The number of hydrogen-bond donors (Lipinski definition) is 0. The molecule has 0 unspecified atom stereocenters. The zero-order chi connectivity index (χ0) is 11.8. The van der Waals surface area contributed by atoms with Gasteiger partial charge in [-0.3, -0.25) is 4.98 Å². The summed E-state index contributed by atoms with van der Waals surface area (Å²) in [6.45, 7) is 1.98. The molecule has 0 bridgehead atoms. The Balaban J connectivity index is 2.18. The Morgan fingerprint density at radius 3 is 2.88 bits per heavy atom. The number of rotatable bonds is 1. The Morgan fingerprint density at radius 2 is 2.06 bits per heavy atom. The van der Waals surface area contributed by atoms with E-state index in [9.17, 15) is 4.39 Å². The fraction of sp³-hybridized carbons (Fsp3) is 0.0769. The highest BCUT2D eigenvalue weighted by atomic mass is 19.1. The van der Waals surface area contributed by atoms with Crippen molar-refractivity contribution in [3.8, 4) is 11.3 Å². The highest BCUT2D eigenvalue weighted by Gasteiger charge is 2.05. The van der Waals surface area contributed by atoms with Crippen LogP contribution in [0.3, 0.4) is 0 Å². The van der Waals surface area contributed by atoms with Gasteiger partial charge in [-0.25, -0.2) is 9.37 Å². The Kier molecular flexibility index (Phi) is 2.14. The number of imidazole rings is 1. The van der Waals surface area contributed by atoms with Gasteiger partial charge in [0.1, 0.15) is 11.5 Å². The molecule has 0 aliphatic heterocycles. The van der Waals surface area contributed by atoms with E-state index in [1.165, 1.54) is 12.3 Å². The predicted molar refractivity (Wildman–Crippen MR) is 63.1 cm³/mol. The second-order valence-electron chi connectivity index (χ2n) is 3.99. The van der Waals surface area contributed by atoms with Crippen molar-refractivity contribution in [3.05, 3.63) is 54.4 Å². The van der Waals surface area contributed by atoms with Crippen LogP contribution in [0.25, 0.3) is 16.9 Å². The van der Waals surface area contributed by atoms with Crippen LogP contribution in [0, 0.1) is 12.7 Å². The molecular formula is C13H10FN3. The number of aromatic nitrogens is 3. The minimum Gasteiger partial charge on any atom is -0.304 e. The molecule has 0 amide bonds. The van der Waals surface area contributed by atoms with E-state index in [2.05, 4.69) is 9.97 Å².